The number of benzene rings is 2. The third kappa shape index (κ3) is 4.72. The zero-order valence-corrected chi connectivity index (χ0v) is 16.3. The van der Waals surface area contributed by atoms with Crippen LogP contribution in [0.25, 0.3) is 11.1 Å². The van der Waals surface area contributed by atoms with Gasteiger partial charge in [-0.3, -0.25) is 4.98 Å². The molecule has 0 aliphatic heterocycles. The van der Waals surface area contributed by atoms with Crippen molar-refractivity contribution < 1.29 is 14.3 Å². The van der Waals surface area contributed by atoms with E-state index in [2.05, 4.69) is 9.71 Å². The number of aromatic nitrogens is 1. The first kappa shape index (κ1) is 19.1. The lowest BCUT2D eigenvalue weighted by Gasteiger charge is -2.11. The van der Waals surface area contributed by atoms with Gasteiger partial charge in [0.2, 0.25) is 0 Å². The van der Waals surface area contributed by atoms with Crippen molar-refractivity contribution >= 4 is 35.2 Å². The highest BCUT2D eigenvalue weighted by Crippen LogP contribution is 2.33. The molecule has 0 spiro atoms. The van der Waals surface area contributed by atoms with Gasteiger partial charge in [0.05, 0.1) is 36.6 Å². The van der Waals surface area contributed by atoms with Gasteiger partial charge in [0.1, 0.15) is 5.75 Å². The molecule has 0 radical (unpaired) electrons. The standard InChI is InChI=1S/C20H17ClN2O3S/c1-25-18-8-7-16(21)10-19(18)27-23-17-9-15(11-22-12-17)13-3-5-14(6-4-13)20(24)26-2/h3-12,23H,1-2H3. The van der Waals surface area contributed by atoms with Crippen LogP contribution in [0.1, 0.15) is 10.4 Å². The van der Waals surface area contributed by atoms with Crippen LogP contribution in [-0.4, -0.2) is 25.2 Å². The Bertz CT molecular complexity index is 948. The minimum absolute atomic E-state index is 0.359. The van der Waals surface area contributed by atoms with E-state index in [1.165, 1.54) is 19.1 Å². The van der Waals surface area contributed by atoms with Crippen molar-refractivity contribution in [3.63, 3.8) is 0 Å². The minimum atomic E-state index is -0.359. The number of methoxy groups -OCH3 is 2. The molecule has 0 bridgehead atoms. The molecule has 3 aromatic rings. The number of ether oxygens (including phenoxy) is 2. The highest BCUT2D eigenvalue weighted by atomic mass is 35.5. The lowest BCUT2D eigenvalue weighted by atomic mass is 10.1. The van der Waals surface area contributed by atoms with Crippen LogP contribution < -0.4 is 9.46 Å². The molecule has 1 N–H and O–H groups in total. The third-order valence-corrected chi connectivity index (χ3v) is 4.89. The first-order valence-electron chi connectivity index (χ1n) is 8.01. The van der Waals surface area contributed by atoms with Gasteiger partial charge in [-0.1, -0.05) is 23.7 Å². The zero-order chi connectivity index (χ0) is 19.2. The number of pyridine rings is 1. The number of hydrogen-bond acceptors (Lipinski definition) is 6. The lowest BCUT2D eigenvalue weighted by molar-refractivity contribution is 0.0601. The Labute approximate surface area is 166 Å². The second-order valence-corrected chi connectivity index (χ2v) is 6.82. The molecule has 2 aromatic carbocycles. The van der Waals surface area contributed by atoms with Crippen molar-refractivity contribution in [1.29, 1.82) is 0 Å². The molecule has 0 saturated carbocycles. The van der Waals surface area contributed by atoms with E-state index in [1.807, 2.05) is 30.3 Å². The Morgan fingerprint density at radius 2 is 1.81 bits per heavy atom. The molecule has 0 aliphatic rings. The van der Waals surface area contributed by atoms with Crippen LogP contribution >= 0.6 is 23.5 Å². The van der Waals surface area contributed by atoms with Crippen LogP contribution in [-0.2, 0) is 4.74 Å². The van der Waals surface area contributed by atoms with E-state index in [-0.39, 0.29) is 5.97 Å². The summed E-state index contributed by atoms with van der Waals surface area (Å²) in [5.41, 5.74) is 3.21. The van der Waals surface area contributed by atoms with Crippen LogP contribution in [0.4, 0.5) is 5.69 Å². The van der Waals surface area contributed by atoms with Crippen LogP contribution in [0.3, 0.4) is 0 Å². The van der Waals surface area contributed by atoms with Crippen LogP contribution in [0, 0.1) is 0 Å². The quantitative estimate of drug-likeness (QED) is 0.446. The number of nitrogens with one attached hydrogen (secondary N) is 1. The maximum absolute atomic E-state index is 11.5. The molecule has 7 heteroatoms. The molecule has 0 atom stereocenters. The number of rotatable bonds is 6. The van der Waals surface area contributed by atoms with Gasteiger partial charge < -0.3 is 14.2 Å². The zero-order valence-electron chi connectivity index (χ0n) is 14.7. The van der Waals surface area contributed by atoms with Crippen molar-refractivity contribution in [1.82, 2.24) is 4.98 Å². The number of anilines is 1. The first-order chi connectivity index (χ1) is 13.1. The summed E-state index contributed by atoms with van der Waals surface area (Å²) < 4.78 is 13.3. The van der Waals surface area contributed by atoms with Crippen molar-refractivity contribution in [3.05, 3.63) is 71.5 Å². The smallest absolute Gasteiger partial charge is 0.337 e. The Hall–Kier alpha value is -2.70. The molecule has 0 fully saturated rings. The number of carbonyl (C=O) groups is 1. The fourth-order valence-electron chi connectivity index (χ4n) is 2.41. The molecule has 138 valence electrons. The van der Waals surface area contributed by atoms with Gasteiger partial charge in [-0.2, -0.15) is 0 Å². The van der Waals surface area contributed by atoms with E-state index in [9.17, 15) is 4.79 Å². The third-order valence-electron chi connectivity index (χ3n) is 3.78. The van der Waals surface area contributed by atoms with E-state index in [0.29, 0.717) is 10.6 Å². The maximum atomic E-state index is 11.5. The van der Waals surface area contributed by atoms with Crippen LogP contribution in [0.15, 0.2) is 65.8 Å². The van der Waals surface area contributed by atoms with Crippen molar-refractivity contribution in [2.75, 3.05) is 18.9 Å². The van der Waals surface area contributed by atoms with Crippen molar-refractivity contribution in [3.8, 4) is 16.9 Å². The molecule has 0 unspecified atom stereocenters. The van der Waals surface area contributed by atoms with Crippen molar-refractivity contribution in [2.24, 2.45) is 0 Å². The van der Waals surface area contributed by atoms with Gasteiger partial charge in [-0.05, 0) is 53.9 Å². The van der Waals surface area contributed by atoms with E-state index < -0.39 is 0 Å². The number of nitrogens with zero attached hydrogens (tertiary/aromatic N) is 1. The van der Waals surface area contributed by atoms with Gasteiger partial charge in [0.25, 0.3) is 0 Å². The highest BCUT2D eigenvalue weighted by Gasteiger charge is 2.08. The summed E-state index contributed by atoms with van der Waals surface area (Å²) in [5, 5.41) is 0.637. The summed E-state index contributed by atoms with van der Waals surface area (Å²) in [5.74, 6) is 0.376. The minimum Gasteiger partial charge on any atom is -0.496 e. The molecule has 0 saturated heterocycles. The molecule has 27 heavy (non-hydrogen) atoms. The topological polar surface area (TPSA) is 60.5 Å². The molecular formula is C20H17ClN2O3S. The SMILES string of the molecule is COC(=O)c1ccc(-c2cncc(NSc3cc(Cl)ccc3OC)c2)cc1. The van der Waals surface area contributed by atoms with E-state index >= 15 is 0 Å². The summed E-state index contributed by atoms with van der Waals surface area (Å²) in [7, 11) is 2.98. The lowest BCUT2D eigenvalue weighted by Crippen LogP contribution is -2.00. The summed E-state index contributed by atoms with van der Waals surface area (Å²) in [4.78, 5) is 16.7. The number of halogens is 1. The van der Waals surface area contributed by atoms with E-state index in [4.69, 9.17) is 21.1 Å². The Morgan fingerprint density at radius 3 is 2.52 bits per heavy atom. The van der Waals surface area contributed by atoms with E-state index in [0.717, 1.165) is 27.5 Å². The number of hydrogen-bond donors (Lipinski definition) is 1. The summed E-state index contributed by atoms with van der Waals surface area (Å²) in [6.07, 6.45) is 3.50. The Balaban J connectivity index is 1.76. The predicted molar refractivity (Wildman–Crippen MR) is 108 cm³/mol. The number of esters is 1. The van der Waals surface area contributed by atoms with Gasteiger partial charge in [-0.25, -0.2) is 4.79 Å². The molecule has 5 nitrogen and oxygen atoms in total. The van der Waals surface area contributed by atoms with Crippen molar-refractivity contribution in [2.45, 2.75) is 4.90 Å². The summed E-state index contributed by atoms with van der Waals surface area (Å²) in [6, 6.07) is 14.6. The average molecular weight is 401 g/mol. The number of carbonyl (C=O) groups excluding carboxylic acids is 1. The second-order valence-electron chi connectivity index (χ2n) is 5.53. The van der Waals surface area contributed by atoms with Gasteiger partial charge >= 0.3 is 5.97 Å². The molecule has 3 rings (SSSR count). The molecule has 0 amide bonds. The second kappa shape index (κ2) is 8.79. The Kier molecular flexibility index (Phi) is 6.21. The molecule has 0 aliphatic carbocycles. The molecular weight excluding hydrogens is 384 g/mol. The average Bonchev–Trinajstić information content (AvgIpc) is 2.72. The molecule has 1 aromatic heterocycles. The summed E-state index contributed by atoms with van der Waals surface area (Å²) >= 11 is 7.46. The maximum Gasteiger partial charge on any atom is 0.337 e. The van der Waals surface area contributed by atoms with Gasteiger partial charge in [0, 0.05) is 16.8 Å². The largest absolute Gasteiger partial charge is 0.496 e. The molecule has 1 heterocycles. The van der Waals surface area contributed by atoms with E-state index in [1.54, 1.807) is 37.7 Å². The monoisotopic (exact) mass is 400 g/mol. The fourth-order valence-corrected chi connectivity index (χ4v) is 3.43. The highest BCUT2D eigenvalue weighted by molar-refractivity contribution is 8.00. The fraction of sp³-hybridized carbons (Fsp3) is 0.100. The van der Waals surface area contributed by atoms with Gasteiger partial charge in [0.15, 0.2) is 0 Å². The normalized spacial score (nSPS) is 10.3. The van der Waals surface area contributed by atoms with Crippen LogP contribution in [0.2, 0.25) is 5.02 Å². The predicted octanol–water partition coefficient (Wildman–Crippen LogP) is 5.32. The first-order valence-corrected chi connectivity index (χ1v) is 9.20. The Morgan fingerprint density at radius 1 is 1.04 bits per heavy atom. The summed E-state index contributed by atoms with van der Waals surface area (Å²) in [6.45, 7) is 0. The van der Waals surface area contributed by atoms with Gasteiger partial charge in [-0.15, -0.1) is 0 Å². The van der Waals surface area contributed by atoms with Crippen LogP contribution in [0.5, 0.6) is 5.75 Å².